The number of aromatic nitrogens is 2. The van der Waals surface area contributed by atoms with Crippen LogP contribution in [0.25, 0.3) is 0 Å². The highest BCUT2D eigenvalue weighted by atomic mass is 79.9. The SMILES string of the molecule is Cc1nn(CCc2ccsc2)c(C)c1Br. The van der Waals surface area contributed by atoms with Crippen LogP contribution in [0.1, 0.15) is 17.0 Å². The molecule has 0 aliphatic heterocycles. The zero-order chi connectivity index (χ0) is 10.8. The molecule has 15 heavy (non-hydrogen) atoms. The summed E-state index contributed by atoms with van der Waals surface area (Å²) in [5.74, 6) is 0. The molecule has 0 saturated carbocycles. The smallest absolute Gasteiger partial charge is 0.0738 e. The van der Waals surface area contributed by atoms with Crippen molar-refractivity contribution >= 4 is 27.3 Å². The highest BCUT2D eigenvalue weighted by Crippen LogP contribution is 2.20. The predicted octanol–water partition coefficient (Wildman–Crippen LogP) is 3.57. The molecule has 0 aromatic carbocycles. The average molecular weight is 285 g/mol. The Morgan fingerprint density at radius 2 is 2.27 bits per heavy atom. The topological polar surface area (TPSA) is 17.8 Å². The van der Waals surface area contributed by atoms with E-state index < -0.39 is 0 Å². The van der Waals surface area contributed by atoms with Gasteiger partial charge in [0.1, 0.15) is 0 Å². The molecular weight excluding hydrogens is 272 g/mol. The zero-order valence-electron chi connectivity index (χ0n) is 8.83. The van der Waals surface area contributed by atoms with Gasteiger partial charge in [-0.2, -0.15) is 16.4 Å². The summed E-state index contributed by atoms with van der Waals surface area (Å²) in [7, 11) is 0. The number of halogens is 1. The van der Waals surface area contributed by atoms with Gasteiger partial charge in [0.05, 0.1) is 10.2 Å². The van der Waals surface area contributed by atoms with Crippen molar-refractivity contribution in [2.75, 3.05) is 0 Å². The van der Waals surface area contributed by atoms with Crippen molar-refractivity contribution in [3.63, 3.8) is 0 Å². The van der Waals surface area contributed by atoms with Gasteiger partial charge in [-0.1, -0.05) is 0 Å². The minimum absolute atomic E-state index is 0.953. The maximum Gasteiger partial charge on any atom is 0.0738 e. The van der Waals surface area contributed by atoms with E-state index in [-0.39, 0.29) is 0 Å². The summed E-state index contributed by atoms with van der Waals surface area (Å²) in [6, 6.07) is 2.17. The molecule has 0 bridgehead atoms. The van der Waals surface area contributed by atoms with Crippen molar-refractivity contribution in [3.05, 3.63) is 38.3 Å². The van der Waals surface area contributed by atoms with E-state index in [9.17, 15) is 0 Å². The number of nitrogens with zero attached hydrogens (tertiary/aromatic N) is 2. The van der Waals surface area contributed by atoms with Crippen LogP contribution in [0.3, 0.4) is 0 Å². The average Bonchev–Trinajstić information content (AvgIpc) is 2.80. The van der Waals surface area contributed by atoms with Crippen LogP contribution in [-0.4, -0.2) is 9.78 Å². The first-order valence-electron chi connectivity index (χ1n) is 4.89. The van der Waals surface area contributed by atoms with Gasteiger partial charge in [0, 0.05) is 12.2 Å². The van der Waals surface area contributed by atoms with Gasteiger partial charge in [-0.3, -0.25) is 4.68 Å². The molecule has 0 aliphatic carbocycles. The Labute approximate surface area is 102 Å². The number of rotatable bonds is 3. The van der Waals surface area contributed by atoms with Crippen LogP contribution < -0.4 is 0 Å². The standard InChI is InChI=1S/C11H13BrN2S/c1-8-11(12)9(2)14(13-8)5-3-10-4-6-15-7-10/h4,6-7H,3,5H2,1-2H3. The van der Waals surface area contributed by atoms with Crippen LogP contribution in [0.2, 0.25) is 0 Å². The predicted molar refractivity (Wildman–Crippen MR) is 67.4 cm³/mol. The third-order valence-electron chi connectivity index (χ3n) is 2.49. The lowest BCUT2D eigenvalue weighted by molar-refractivity contribution is 0.594. The number of hydrogen-bond donors (Lipinski definition) is 0. The lowest BCUT2D eigenvalue weighted by Gasteiger charge is -2.02. The normalized spacial score (nSPS) is 10.9. The van der Waals surface area contributed by atoms with E-state index in [1.54, 1.807) is 11.3 Å². The van der Waals surface area contributed by atoms with Crippen molar-refractivity contribution in [3.8, 4) is 0 Å². The summed E-state index contributed by atoms with van der Waals surface area (Å²) in [5.41, 5.74) is 3.67. The molecule has 0 aliphatic rings. The van der Waals surface area contributed by atoms with Crippen LogP contribution in [0.15, 0.2) is 21.3 Å². The largest absolute Gasteiger partial charge is 0.268 e. The van der Waals surface area contributed by atoms with Crippen molar-refractivity contribution in [1.29, 1.82) is 0 Å². The van der Waals surface area contributed by atoms with E-state index in [1.807, 2.05) is 6.92 Å². The summed E-state index contributed by atoms with van der Waals surface area (Å²) in [6.45, 7) is 5.07. The summed E-state index contributed by atoms with van der Waals surface area (Å²) < 4.78 is 3.20. The van der Waals surface area contributed by atoms with E-state index in [0.717, 1.165) is 23.1 Å². The summed E-state index contributed by atoms with van der Waals surface area (Å²) >= 11 is 5.29. The fourth-order valence-corrected chi connectivity index (χ4v) is 2.55. The van der Waals surface area contributed by atoms with Gasteiger partial charge < -0.3 is 0 Å². The Morgan fingerprint density at radius 1 is 1.47 bits per heavy atom. The maximum atomic E-state index is 4.48. The maximum absolute atomic E-state index is 4.48. The second kappa shape index (κ2) is 4.49. The van der Waals surface area contributed by atoms with Gasteiger partial charge in [-0.05, 0) is 58.6 Å². The molecule has 0 saturated heterocycles. The zero-order valence-corrected chi connectivity index (χ0v) is 11.2. The molecule has 2 heterocycles. The molecule has 2 aromatic heterocycles. The van der Waals surface area contributed by atoms with Crippen molar-refractivity contribution in [2.45, 2.75) is 26.8 Å². The van der Waals surface area contributed by atoms with E-state index in [2.05, 4.69) is 49.5 Å². The van der Waals surface area contributed by atoms with Gasteiger partial charge in [0.25, 0.3) is 0 Å². The molecule has 2 aromatic rings. The Kier molecular flexibility index (Phi) is 3.26. The summed E-state index contributed by atoms with van der Waals surface area (Å²) in [4.78, 5) is 0. The van der Waals surface area contributed by atoms with E-state index in [1.165, 1.54) is 11.3 Å². The van der Waals surface area contributed by atoms with Gasteiger partial charge in [0.15, 0.2) is 0 Å². The highest BCUT2D eigenvalue weighted by Gasteiger charge is 2.08. The molecule has 0 amide bonds. The fraction of sp³-hybridized carbons (Fsp3) is 0.364. The number of hydrogen-bond acceptors (Lipinski definition) is 2. The third kappa shape index (κ3) is 2.32. The minimum atomic E-state index is 0.953. The van der Waals surface area contributed by atoms with Crippen LogP contribution in [0, 0.1) is 13.8 Å². The first kappa shape index (κ1) is 10.9. The molecule has 2 nitrogen and oxygen atoms in total. The van der Waals surface area contributed by atoms with E-state index in [0.29, 0.717) is 0 Å². The minimum Gasteiger partial charge on any atom is -0.268 e. The second-order valence-electron chi connectivity index (χ2n) is 3.59. The van der Waals surface area contributed by atoms with Gasteiger partial charge in [-0.15, -0.1) is 0 Å². The Balaban J connectivity index is 2.08. The third-order valence-corrected chi connectivity index (χ3v) is 4.37. The first-order chi connectivity index (χ1) is 7.18. The molecule has 0 unspecified atom stereocenters. The van der Waals surface area contributed by atoms with Crippen LogP contribution in [0.5, 0.6) is 0 Å². The Morgan fingerprint density at radius 3 is 2.80 bits per heavy atom. The Hall–Kier alpha value is -0.610. The fourth-order valence-electron chi connectivity index (χ4n) is 1.56. The summed E-state index contributed by atoms with van der Waals surface area (Å²) in [6.07, 6.45) is 1.05. The molecule has 0 spiro atoms. The van der Waals surface area contributed by atoms with Gasteiger partial charge in [-0.25, -0.2) is 0 Å². The van der Waals surface area contributed by atoms with E-state index in [4.69, 9.17) is 0 Å². The van der Waals surface area contributed by atoms with E-state index >= 15 is 0 Å². The monoisotopic (exact) mass is 284 g/mol. The van der Waals surface area contributed by atoms with Crippen LogP contribution in [0.4, 0.5) is 0 Å². The molecule has 0 N–H and O–H groups in total. The second-order valence-corrected chi connectivity index (χ2v) is 5.16. The molecule has 4 heteroatoms. The van der Waals surface area contributed by atoms with Crippen molar-refractivity contribution in [1.82, 2.24) is 9.78 Å². The lowest BCUT2D eigenvalue weighted by Crippen LogP contribution is -2.04. The lowest BCUT2D eigenvalue weighted by atomic mass is 10.2. The van der Waals surface area contributed by atoms with Crippen LogP contribution >= 0.6 is 27.3 Å². The van der Waals surface area contributed by atoms with Crippen molar-refractivity contribution < 1.29 is 0 Å². The highest BCUT2D eigenvalue weighted by molar-refractivity contribution is 9.10. The first-order valence-corrected chi connectivity index (χ1v) is 6.62. The molecular formula is C11H13BrN2S. The van der Waals surface area contributed by atoms with Gasteiger partial charge >= 0.3 is 0 Å². The molecule has 80 valence electrons. The number of aryl methyl sites for hydroxylation is 3. The molecule has 0 atom stereocenters. The quantitative estimate of drug-likeness (QED) is 0.843. The molecule has 0 fully saturated rings. The molecule has 2 rings (SSSR count). The van der Waals surface area contributed by atoms with Crippen LogP contribution in [-0.2, 0) is 13.0 Å². The van der Waals surface area contributed by atoms with Gasteiger partial charge in [0.2, 0.25) is 0 Å². The molecule has 0 radical (unpaired) electrons. The number of thiophene rings is 1. The summed E-state index contributed by atoms with van der Waals surface area (Å²) in [5, 5.41) is 8.80. The van der Waals surface area contributed by atoms with Crippen molar-refractivity contribution in [2.24, 2.45) is 0 Å². The Bertz CT molecular complexity index is 445.